The molecule has 1 amide bonds. The maximum atomic E-state index is 12.4. The Morgan fingerprint density at radius 3 is 2.64 bits per heavy atom. The van der Waals surface area contributed by atoms with E-state index in [1.54, 1.807) is 6.92 Å². The average molecular weight is 348 g/mol. The van der Waals surface area contributed by atoms with E-state index in [0.717, 1.165) is 36.3 Å². The maximum absolute atomic E-state index is 12.4. The van der Waals surface area contributed by atoms with Gasteiger partial charge in [0.1, 0.15) is 5.65 Å². The summed E-state index contributed by atoms with van der Waals surface area (Å²) >= 11 is 0. The number of aliphatic hydroxyl groups excluding tert-OH is 1. The zero-order valence-corrected chi connectivity index (χ0v) is 15.9. The Morgan fingerprint density at radius 1 is 1.40 bits per heavy atom. The number of hydrogen-bond donors (Lipinski definition) is 2. The number of fused-ring (bicyclic) bond motifs is 1. The van der Waals surface area contributed by atoms with Crippen LogP contribution in [0.5, 0.6) is 0 Å². The monoisotopic (exact) mass is 347 g/mol. The smallest absolute Gasteiger partial charge is 0.255 e. The molecule has 0 saturated heterocycles. The fraction of sp³-hybridized carbons (Fsp3) is 0.600. The minimum absolute atomic E-state index is 0. The average Bonchev–Trinajstić information content (AvgIpc) is 3.00. The van der Waals surface area contributed by atoms with Crippen LogP contribution in [-0.2, 0) is 0 Å². The zero-order valence-electron chi connectivity index (χ0n) is 15.9. The Labute approximate surface area is 152 Å². The van der Waals surface area contributed by atoms with Crippen molar-refractivity contribution in [1.82, 2.24) is 14.7 Å². The van der Waals surface area contributed by atoms with Gasteiger partial charge in [-0.3, -0.25) is 4.79 Å². The molecule has 25 heavy (non-hydrogen) atoms. The highest BCUT2D eigenvalue weighted by atomic mass is 16.3. The predicted octanol–water partition coefficient (Wildman–Crippen LogP) is 4.04. The second-order valence-corrected chi connectivity index (χ2v) is 7.03. The van der Waals surface area contributed by atoms with Crippen LogP contribution in [0.4, 0.5) is 0 Å². The van der Waals surface area contributed by atoms with E-state index in [9.17, 15) is 4.79 Å². The van der Waals surface area contributed by atoms with Crippen molar-refractivity contribution in [2.45, 2.75) is 78.4 Å². The van der Waals surface area contributed by atoms with Gasteiger partial charge in [-0.1, -0.05) is 26.2 Å². The maximum Gasteiger partial charge on any atom is 0.255 e. The van der Waals surface area contributed by atoms with Gasteiger partial charge in [-0.25, -0.2) is 4.98 Å². The molecule has 140 valence electrons. The highest BCUT2D eigenvalue weighted by Crippen LogP contribution is 2.19. The van der Waals surface area contributed by atoms with Crippen LogP contribution in [0.2, 0.25) is 0 Å². The molecule has 0 bridgehead atoms. The largest absolute Gasteiger partial charge is 0.393 e. The molecule has 0 aromatic carbocycles. The second-order valence-electron chi connectivity index (χ2n) is 7.03. The van der Waals surface area contributed by atoms with Crippen LogP contribution in [-0.4, -0.2) is 32.5 Å². The van der Waals surface area contributed by atoms with E-state index in [1.165, 1.54) is 19.3 Å². The first kappa shape index (κ1) is 19.4. The summed E-state index contributed by atoms with van der Waals surface area (Å²) in [6.45, 7) is 7.72. The van der Waals surface area contributed by atoms with E-state index in [2.05, 4.69) is 10.3 Å². The molecule has 0 spiro atoms. The number of carbonyl (C=O) groups excluding carboxylic acids is 1. The number of nitrogens with zero attached hydrogens (tertiary/aromatic N) is 2. The summed E-state index contributed by atoms with van der Waals surface area (Å²) in [7, 11) is 0. The second kappa shape index (κ2) is 8.99. The molecule has 1 saturated carbocycles. The van der Waals surface area contributed by atoms with Crippen LogP contribution in [0, 0.1) is 13.8 Å². The summed E-state index contributed by atoms with van der Waals surface area (Å²) in [6, 6.07) is 4.22. The number of aryl methyl sites for hydroxylation is 2. The van der Waals surface area contributed by atoms with Gasteiger partial charge < -0.3 is 14.8 Å². The number of aliphatic hydroxyl groups is 1. The Balaban J connectivity index is 0.000000501. The van der Waals surface area contributed by atoms with Gasteiger partial charge in [0.2, 0.25) is 0 Å². The summed E-state index contributed by atoms with van der Waals surface area (Å²) in [6.07, 6.45) is 8.60. The number of aromatic nitrogens is 2. The highest BCUT2D eigenvalue weighted by molar-refractivity contribution is 6.00. The molecule has 2 aromatic heterocycles. The van der Waals surface area contributed by atoms with Crippen molar-refractivity contribution in [2.75, 3.05) is 0 Å². The molecule has 2 heterocycles. The summed E-state index contributed by atoms with van der Waals surface area (Å²) in [5.74, 6) is 0.0110. The van der Waals surface area contributed by atoms with Crippen molar-refractivity contribution in [1.29, 1.82) is 0 Å². The van der Waals surface area contributed by atoms with Crippen molar-refractivity contribution in [3.63, 3.8) is 0 Å². The van der Waals surface area contributed by atoms with Gasteiger partial charge in [0.25, 0.3) is 5.91 Å². The molecule has 0 aliphatic heterocycles. The van der Waals surface area contributed by atoms with E-state index < -0.39 is 0 Å². The summed E-state index contributed by atoms with van der Waals surface area (Å²) < 4.78 is 1.97. The van der Waals surface area contributed by atoms with Crippen molar-refractivity contribution in [3.8, 4) is 0 Å². The molecule has 0 radical (unpaired) electrons. The predicted molar refractivity (Wildman–Crippen MR) is 103 cm³/mol. The van der Waals surface area contributed by atoms with Crippen molar-refractivity contribution in [2.24, 2.45) is 0 Å². The van der Waals surface area contributed by atoms with Gasteiger partial charge >= 0.3 is 0 Å². The summed E-state index contributed by atoms with van der Waals surface area (Å²) in [4.78, 5) is 17.0. The SMILES string of the molecule is CC[C@H](C)O.Cc1cc(C)n2ccc(C(=O)NC3CCCCC3)c2n1.[HH]. The van der Waals surface area contributed by atoms with Gasteiger partial charge in [0, 0.05) is 25.1 Å². The number of hydrogen-bond acceptors (Lipinski definition) is 3. The van der Waals surface area contributed by atoms with Crippen LogP contribution in [0.15, 0.2) is 18.3 Å². The van der Waals surface area contributed by atoms with Crippen LogP contribution < -0.4 is 5.32 Å². The first-order valence-electron chi connectivity index (χ1n) is 9.36. The Morgan fingerprint density at radius 2 is 2.04 bits per heavy atom. The third-order valence-electron chi connectivity index (χ3n) is 4.72. The highest BCUT2D eigenvalue weighted by Gasteiger charge is 2.19. The third kappa shape index (κ3) is 5.30. The Hall–Kier alpha value is -1.88. The Bertz CT molecular complexity index is 706. The molecular formula is C20H33N3O2. The molecule has 1 aliphatic rings. The lowest BCUT2D eigenvalue weighted by Gasteiger charge is -2.22. The number of carbonyl (C=O) groups is 1. The van der Waals surface area contributed by atoms with E-state index in [4.69, 9.17) is 5.11 Å². The molecule has 5 heteroatoms. The molecule has 1 fully saturated rings. The van der Waals surface area contributed by atoms with E-state index >= 15 is 0 Å². The van der Waals surface area contributed by atoms with Crippen LogP contribution >= 0.6 is 0 Å². The van der Waals surface area contributed by atoms with Gasteiger partial charge in [-0.2, -0.15) is 0 Å². The van der Waals surface area contributed by atoms with Gasteiger partial charge in [0.05, 0.1) is 11.7 Å². The molecule has 2 N–H and O–H groups in total. The van der Waals surface area contributed by atoms with Crippen molar-refractivity contribution >= 4 is 11.6 Å². The molecule has 1 atom stereocenters. The van der Waals surface area contributed by atoms with Crippen LogP contribution in [0.3, 0.4) is 0 Å². The van der Waals surface area contributed by atoms with Crippen molar-refractivity contribution in [3.05, 3.63) is 35.3 Å². The van der Waals surface area contributed by atoms with Crippen molar-refractivity contribution < 1.29 is 11.3 Å². The number of rotatable bonds is 3. The van der Waals surface area contributed by atoms with Gasteiger partial charge in [-0.05, 0) is 52.2 Å². The summed E-state index contributed by atoms with van der Waals surface area (Å²) in [5, 5.41) is 11.5. The van der Waals surface area contributed by atoms with E-state index in [0.29, 0.717) is 11.6 Å². The van der Waals surface area contributed by atoms with E-state index in [-0.39, 0.29) is 13.4 Å². The molecule has 1 aliphatic carbocycles. The standard InChI is InChI=1S/C16H21N3O.C4H10O.H2/c1-11-10-12(2)19-9-8-14(15(19)17-11)16(20)18-13-6-4-3-5-7-13;1-3-4(2)5;/h8-10,13H,3-7H2,1-2H3,(H,18,20);4-5H,3H2,1-2H3;1H/t;4-;/m.0./s1. The molecular weight excluding hydrogens is 314 g/mol. The first-order chi connectivity index (χ1) is 11.9. The lowest BCUT2D eigenvalue weighted by molar-refractivity contribution is 0.0929. The normalized spacial score (nSPS) is 16.2. The zero-order chi connectivity index (χ0) is 18.4. The van der Waals surface area contributed by atoms with Gasteiger partial charge in [0.15, 0.2) is 0 Å². The third-order valence-corrected chi connectivity index (χ3v) is 4.72. The number of amides is 1. The quantitative estimate of drug-likeness (QED) is 0.880. The molecule has 5 nitrogen and oxygen atoms in total. The summed E-state index contributed by atoms with van der Waals surface area (Å²) in [5.41, 5.74) is 3.49. The Kier molecular flexibility index (Phi) is 7.00. The lowest BCUT2D eigenvalue weighted by Crippen LogP contribution is -2.36. The molecule has 2 aromatic rings. The number of nitrogens with one attached hydrogen (secondary N) is 1. The molecule has 0 unspecified atom stereocenters. The minimum Gasteiger partial charge on any atom is -0.393 e. The van der Waals surface area contributed by atoms with E-state index in [1.807, 2.05) is 43.5 Å². The fourth-order valence-electron chi connectivity index (χ4n) is 3.08. The first-order valence-corrected chi connectivity index (χ1v) is 9.36. The fourth-order valence-corrected chi connectivity index (χ4v) is 3.08. The lowest BCUT2D eigenvalue weighted by atomic mass is 9.95. The minimum atomic E-state index is -0.116. The molecule has 3 rings (SSSR count). The van der Waals surface area contributed by atoms with Crippen LogP contribution in [0.25, 0.3) is 5.65 Å². The topological polar surface area (TPSA) is 66.6 Å². The van der Waals surface area contributed by atoms with Crippen LogP contribution in [0.1, 0.15) is 75.5 Å². The van der Waals surface area contributed by atoms with Gasteiger partial charge in [-0.15, -0.1) is 0 Å².